The third-order valence-corrected chi connectivity index (χ3v) is 4.60. The number of aromatic nitrogens is 1. The van der Waals surface area contributed by atoms with Crippen molar-refractivity contribution in [2.45, 2.75) is 43.9 Å². The average molecular weight is 340 g/mol. The van der Waals surface area contributed by atoms with Crippen LogP contribution in [0, 0.1) is 0 Å². The minimum atomic E-state index is -0.241. The fourth-order valence-electron chi connectivity index (χ4n) is 3.38. The zero-order chi connectivity index (χ0) is 14.1. The van der Waals surface area contributed by atoms with Crippen molar-refractivity contribution in [2.75, 3.05) is 6.54 Å². The second kappa shape index (κ2) is 5.69. The van der Waals surface area contributed by atoms with Gasteiger partial charge in [-0.25, -0.2) is 4.98 Å². The number of pyridine rings is 1. The molecule has 2 fully saturated rings. The van der Waals surface area contributed by atoms with Crippen molar-refractivity contribution in [3.8, 4) is 5.88 Å². The Labute approximate surface area is 126 Å². The zero-order valence-electron chi connectivity index (χ0n) is 11.2. The fraction of sp³-hybridized carbons (Fsp3) is 0.571. The molecule has 0 aliphatic carbocycles. The molecule has 1 aromatic heterocycles. The van der Waals surface area contributed by atoms with E-state index in [0.717, 1.165) is 30.3 Å². The first-order chi connectivity index (χ1) is 9.61. The summed E-state index contributed by atoms with van der Waals surface area (Å²) in [5.74, 6) is 0.419. The Morgan fingerprint density at radius 1 is 1.40 bits per heavy atom. The first-order valence-electron chi connectivity index (χ1n) is 6.95. The van der Waals surface area contributed by atoms with Gasteiger partial charge in [0.15, 0.2) is 0 Å². The first kappa shape index (κ1) is 13.8. The summed E-state index contributed by atoms with van der Waals surface area (Å²) >= 11 is 3.35. The Kier molecular flexibility index (Phi) is 3.94. The van der Waals surface area contributed by atoms with Crippen molar-refractivity contribution in [2.24, 2.45) is 5.73 Å². The number of carbonyl (C=O) groups is 1. The summed E-state index contributed by atoms with van der Waals surface area (Å²) in [5, 5.41) is 0. The fourth-order valence-corrected chi connectivity index (χ4v) is 3.71. The highest BCUT2D eigenvalue weighted by Crippen LogP contribution is 2.36. The van der Waals surface area contributed by atoms with Gasteiger partial charge < -0.3 is 10.5 Å². The Hall–Kier alpha value is -1.14. The third kappa shape index (κ3) is 2.96. The lowest BCUT2D eigenvalue weighted by atomic mass is 9.99. The number of hydrogen-bond donors (Lipinski definition) is 1. The molecule has 2 N–H and O–H groups in total. The maximum Gasteiger partial charge on any atom is 0.231 e. The maximum atomic E-state index is 11.1. The molecule has 20 heavy (non-hydrogen) atoms. The molecular formula is C14H18BrN3O2. The number of ether oxygens (including phenoxy) is 1. The molecule has 2 aliphatic heterocycles. The molecule has 2 atom stereocenters. The second-order valence-electron chi connectivity index (χ2n) is 5.53. The molecule has 5 nitrogen and oxygen atoms in total. The van der Waals surface area contributed by atoms with Gasteiger partial charge in [0.1, 0.15) is 10.7 Å². The van der Waals surface area contributed by atoms with Crippen LogP contribution in [-0.4, -0.2) is 40.5 Å². The minimum Gasteiger partial charge on any atom is -0.474 e. The largest absolute Gasteiger partial charge is 0.474 e. The first-order valence-corrected chi connectivity index (χ1v) is 7.74. The minimum absolute atomic E-state index is 0.179. The van der Waals surface area contributed by atoms with Gasteiger partial charge in [-0.2, -0.15) is 0 Å². The van der Waals surface area contributed by atoms with Crippen molar-refractivity contribution >= 4 is 21.8 Å². The van der Waals surface area contributed by atoms with Crippen LogP contribution in [0.15, 0.2) is 22.8 Å². The number of piperidine rings is 1. The van der Waals surface area contributed by atoms with Crippen LogP contribution in [0.5, 0.6) is 5.88 Å². The van der Waals surface area contributed by atoms with E-state index in [1.54, 1.807) is 0 Å². The second-order valence-corrected chi connectivity index (χ2v) is 6.35. The number of nitrogens with two attached hydrogens (primary N) is 1. The molecule has 2 aliphatic rings. The van der Waals surface area contributed by atoms with Crippen LogP contribution < -0.4 is 10.5 Å². The summed E-state index contributed by atoms with van der Waals surface area (Å²) in [4.78, 5) is 17.7. The number of nitrogens with zero attached hydrogens (tertiary/aromatic N) is 2. The van der Waals surface area contributed by atoms with E-state index < -0.39 is 0 Å². The van der Waals surface area contributed by atoms with Crippen molar-refractivity contribution < 1.29 is 9.53 Å². The predicted octanol–water partition coefficient (Wildman–Crippen LogP) is 1.70. The van der Waals surface area contributed by atoms with E-state index >= 15 is 0 Å². The molecule has 1 amide bonds. The Bertz CT molecular complexity index is 497. The van der Waals surface area contributed by atoms with E-state index in [9.17, 15) is 4.79 Å². The monoisotopic (exact) mass is 339 g/mol. The molecule has 0 saturated carbocycles. The zero-order valence-corrected chi connectivity index (χ0v) is 12.8. The molecule has 2 saturated heterocycles. The van der Waals surface area contributed by atoms with E-state index in [1.165, 1.54) is 0 Å². The van der Waals surface area contributed by atoms with Gasteiger partial charge in [-0.15, -0.1) is 0 Å². The van der Waals surface area contributed by atoms with Crippen LogP contribution in [0.3, 0.4) is 0 Å². The van der Waals surface area contributed by atoms with Crippen molar-refractivity contribution in [1.82, 2.24) is 9.88 Å². The Balaban J connectivity index is 1.64. The molecule has 0 spiro atoms. The van der Waals surface area contributed by atoms with E-state index in [4.69, 9.17) is 10.5 Å². The smallest absolute Gasteiger partial charge is 0.231 e. The summed E-state index contributed by atoms with van der Waals surface area (Å²) in [6.45, 7) is 0.372. The lowest BCUT2D eigenvalue weighted by Crippen LogP contribution is -2.49. The van der Waals surface area contributed by atoms with Crippen LogP contribution in [-0.2, 0) is 4.79 Å². The van der Waals surface area contributed by atoms with Crippen molar-refractivity contribution in [3.05, 3.63) is 22.8 Å². The summed E-state index contributed by atoms with van der Waals surface area (Å²) in [6, 6.07) is 6.51. The van der Waals surface area contributed by atoms with E-state index in [-0.39, 0.29) is 12.0 Å². The van der Waals surface area contributed by atoms with E-state index in [2.05, 4.69) is 25.8 Å². The van der Waals surface area contributed by atoms with Gasteiger partial charge >= 0.3 is 0 Å². The Morgan fingerprint density at radius 2 is 2.10 bits per heavy atom. The average Bonchev–Trinajstić information content (AvgIpc) is 2.61. The van der Waals surface area contributed by atoms with Crippen molar-refractivity contribution in [3.63, 3.8) is 0 Å². The van der Waals surface area contributed by atoms with Gasteiger partial charge in [-0.1, -0.05) is 6.07 Å². The standard InChI is InChI=1S/C14H18BrN3O2/c15-12-2-1-3-14(17-12)20-11-6-9-4-5-10(7-11)18(9)8-13(16)19/h1-3,9-11H,4-8H2,(H2,16,19). The SMILES string of the molecule is NC(=O)CN1C2CCC1CC(Oc1cccc(Br)n1)C2. The van der Waals surface area contributed by atoms with Crippen LogP contribution in [0.4, 0.5) is 0 Å². The van der Waals surface area contributed by atoms with E-state index in [1.807, 2.05) is 18.2 Å². The van der Waals surface area contributed by atoms with Crippen LogP contribution in [0.25, 0.3) is 0 Å². The van der Waals surface area contributed by atoms with Crippen LogP contribution in [0.2, 0.25) is 0 Å². The molecule has 108 valence electrons. The highest BCUT2D eigenvalue weighted by molar-refractivity contribution is 9.10. The summed E-state index contributed by atoms with van der Waals surface area (Å²) in [5.41, 5.74) is 5.32. The van der Waals surface area contributed by atoms with E-state index in [0.29, 0.717) is 24.5 Å². The number of halogens is 1. The van der Waals surface area contributed by atoms with Gasteiger partial charge in [-0.3, -0.25) is 9.69 Å². The summed E-state index contributed by atoms with van der Waals surface area (Å²) < 4.78 is 6.77. The van der Waals surface area contributed by atoms with Gasteiger partial charge in [0.05, 0.1) is 6.54 Å². The molecule has 3 rings (SSSR count). The van der Waals surface area contributed by atoms with Crippen LogP contribution >= 0.6 is 15.9 Å². The molecule has 0 aromatic carbocycles. The summed E-state index contributed by atoms with van der Waals surface area (Å²) in [7, 11) is 0. The number of fused-ring (bicyclic) bond motifs is 2. The number of hydrogen-bond acceptors (Lipinski definition) is 4. The highest BCUT2D eigenvalue weighted by Gasteiger charge is 2.42. The predicted molar refractivity (Wildman–Crippen MR) is 78.3 cm³/mol. The molecule has 2 unspecified atom stereocenters. The number of amides is 1. The van der Waals surface area contributed by atoms with Gasteiger partial charge in [0, 0.05) is 18.2 Å². The molecule has 3 heterocycles. The molecular weight excluding hydrogens is 322 g/mol. The molecule has 6 heteroatoms. The lowest BCUT2D eigenvalue weighted by Gasteiger charge is -2.37. The maximum absolute atomic E-state index is 11.1. The van der Waals surface area contributed by atoms with Crippen LogP contribution in [0.1, 0.15) is 25.7 Å². The number of primary amides is 1. The van der Waals surface area contributed by atoms with Gasteiger partial charge in [0.2, 0.25) is 11.8 Å². The highest BCUT2D eigenvalue weighted by atomic mass is 79.9. The normalized spacial score (nSPS) is 29.4. The number of carbonyl (C=O) groups excluding carboxylic acids is 1. The van der Waals surface area contributed by atoms with Gasteiger partial charge in [0.25, 0.3) is 0 Å². The molecule has 1 aromatic rings. The van der Waals surface area contributed by atoms with Gasteiger partial charge in [-0.05, 0) is 47.7 Å². The number of rotatable bonds is 4. The topological polar surface area (TPSA) is 68.5 Å². The molecule has 2 bridgehead atoms. The Morgan fingerprint density at radius 3 is 2.70 bits per heavy atom. The quantitative estimate of drug-likeness (QED) is 0.848. The molecule has 0 radical (unpaired) electrons. The summed E-state index contributed by atoms with van der Waals surface area (Å²) in [6.07, 6.45) is 4.32. The lowest BCUT2D eigenvalue weighted by molar-refractivity contribution is -0.120. The van der Waals surface area contributed by atoms with Crippen molar-refractivity contribution in [1.29, 1.82) is 0 Å². The third-order valence-electron chi connectivity index (χ3n) is 4.16.